The third-order valence-electron chi connectivity index (χ3n) is 3.38. The predicted molar refractivity (Wildman–Crippen MR) is 52.9 cm³/mol. The van der Waals surface area contributed by atoms with Crippen molar-refractivity contribution in [3.8, 4) is 0 Å². The first-order valence-corrected chi connectivity index (χ1v) is 5.52. The largest absolute Gasteiger partial charge is 0.326 e. The molecule has 1 aliphatic carbocycles. The van der Waals surface area contributed by atoms with Crippen LogP contribution in [0.2, 0.25) is 0 Å². The maximum atomic E-state index is 5.89. The Morgan fingerprint density at radius 1 is 1.29 bits per heavy atom. The Kier molecular flexibility index (Phi) is 1.83. The van der Waals surface area contributed by atoms with Crippen LogP contribution in [0.15, 0.2) is 0 Å². The van der Waals surface area contributed by atoms with Crippen molar-refractivity contribution in [3.63, 3.8) is 0 Å². The van der Waals surface area contributed by atoms with Crippen LogP contribution in [0.5, 0.6) is 0 Å². The molecule has 0 spiro atoms. The summed E-state index contributed by atoms with van der Waals surface area (Å²) < 4.78 is 2.02. The first-order valence-electron chi connectivity index (χ1n) is 5.52. The maximum absolute atomic E-state index is 5.89. The van der Waals surface area contributed by atoms with Gasteiger partial charge in [-0.3, -0.25) is 0 Å². The monoisotopic (exact) mass is 192 g/mol. The van der Waals surface area contributed by atoms with Gasteiger partial charge in [-0.05, 0) is 19.3 Å². The first-order chi connectivity index (χ1) is 6.83. The van der Waals surface area contributed by atoms with E-state index in [1.807, 2.05) is 4.68 Å². The summed E-state index contributed by atoms with van der Waals surface area (Å²) in [7, 11) is 0. The molecule has 1 aromatic rings. The van der Waals surface area contributed by atoms with Crippen molar-refractivity contribution in [1.82, 2.24) is 14.8 Å². The molecule has 0 radical (unpaired) electrons. The molecule has 2 heterocycles. The Hall–Kier alpha value is -0.900. The summed E-state index contributed by atoms with van der Waals surface area (Å²) in [5.74, 6) is 2.86. The summed E-state index contributed by atoms with van der Waals surface area (Å²) in [6, 6.07) is 0.276. The Morgan fingerprint density at radius 3 is 2.86 bits per heavy atom. The average Bonchev–Trinajstić information content (AvgIpc) is 2.43. The zero-order chi connectivity index (χ0) is 9.54. The second-order valence-corrected chi connectivity index (χ2v) is 4.49. The molecular weight excluding hydrogens is 176 g/mol. The zero-order valence-corrected chi connectivity index (χ0v) is 8.32. The van der Waals surface area contributed by atoms with Gasteiger partial charge in [0.05, 0.1) is 6.54 Å². The first kappa shape index (κ1) is 8.41. The van der Waals surface area contributed by atoms with Crippen LogP contribution in [-0.4, -0.2) is 20.8 Å². The highest BCUT2D eigenvalue weighted by Crippen LogP contribution is 2.34. The molecule has 2 aliphatic rings. The normalized spacial score (nSPS) is 27.1. The van der Waals surface area contributed by atoms with E-state index in [-0.39, 0.29) is 6.04 Å². The summed E-state index contributed by atoms with van der Waals surface area (Å²) in [6.07, 6.45) is 5.95. The molecule has 76 valence electrons. The van der Waals surface area contributed by atoms with Gasteiger partial charge in [-0.15, -0.1) is 0 Å². The van der Waals surface area contributed by atoms with Crippen LogP contribution >= 0.6 is 0 Å². The third-order valence-corrected chi connectivity index (χ3v) is 3.38. The molecule has 4 nitrogen and oxygen atoms in total. The highest BCUT2D eigenvalue weighted by atomic mass is 15.4. The minimum absolute atomic E-state index is 0.276. The molecule has 4 heteroatoms. The van der Waals surface area contributed by atoms with E-state index >= 15 is 0 Å². The fourth-order valence-corrected chi connectivity index (χ4v) is 2.19. The molecule has 0 saturated heterocycles. The summed E-state index contributed by atoms with van der Waals surface area (Å²) >= 11 is 0. The Bertz CT molecular complexity index is 340. The van der Waals surface area contributed by atoms with Crippen molar-refractivity contribution in [2.75, 3.05) is 0 Å². The van der Waals surface area contributed by atoms with Crippen LogP contribution in [0.3, 0.4) is 0 Å². The van der Waals surface area contributed by atoms with Gasteiger partial charge in [0.1, 0.15) is 5.82 Å². The molecule has 0 aromatic carbocycles. The molecule has 14 heavy (non-hydrogen) atoms. The van der Waals surface area contributed by atoms with E-state index in [1.54, 1.807) is 0 Å². The quantitative estimate of drug-likeness (QED) is 0.716. The highest BCUT2D eigenvalue weighted by Gasteiger charge is 2.26. The lowest BCUT2D eigenvalue weighted by atomic mass is 9.85. The van der Waals surface area contributed by atoms with E-state index in [1.165, 1.54) is 19.3 Å². The molecular formula is C10H16N4. The van der Waals surface area contributed by atoms with Crippen LogP contribution in [0.1, 0.15) is 43.3 Å². The summed E-state index contributed by atoms with van der Waals surface area (Å²) in [6.45, 7) is 0.856. The molecule has 1 aromatic heterocycles. The van der Waals surface area contributed by atoms with E-state index in [0.717, 1.165) is 31.0 Å². The highest BCUT2D eigenvalue weighted by molar-refractivity contribution is 5.05. The van der Waals surface area contributed by atoms with Gasteiger partial charge in [0.15, 0.2) is 5.82 Å². The number of hydrogen-bond acceptors (Lipinski definition) is 3. The van der Waals surface area contributed by atoms with Crippen molar-refractivity contribution in [2.45, 2.75) is 50.6 Å². The molecule has 1 saturated carbocycles. The minimum atomic E-state index is 0.276. The lowest BCUT2D eigenvalue weighted by Gasteiger charge is -2.21. The van der Waals surface area contributed by atoms with Crippen LogP contribution in [0, 0.1) is 0 Å². The fraction of sp³-hybridized carbons (Fsp3) is 0.800. The molecule has 0 bridgehead atoms. The number of nitrogens with zero attached hydrogens (tertiary/aromatic N) is 3. The van der Waals surface area contributed by atoms with Crippen LogP contribution in [-0.2, 0) is 13.0 Å². The second kappa shape index (κ2) is 3.05. The SMILES string of the molecule is NC1CCc2nc(C3CCC3)nn2C1. The van der Waals surface area contributed by atoms with Gasteiger partial charge in [-0.2, -0.15) is 5.10 Å². The van der Waals surface area contributed by atoms with E-state index < -0.39 is 0 Å². The summed E-state index contributed by atoms with van der Waals surface area (Å²) in [4.78, 5) is 4.60. The van der Waals surface area contributed by atoms with Crippen molar-refractivity contribution < 1.29 is 0 Å². The maximum Gasteiger partial charge on any atom is 0.154 e. The molecule has 1 fully saturated rings. The Labute approximate surface area is 83.5 Å². The minimum Gasteiger partial charge on any atom is -0.326 e. The molecule has 2 N–H and O–H groups in total. The van der Waals surface area contributed by atoms with Gasteiger partial charge < -0.3 is 5.73 Å². The van der Waals surface area contributed by atoms with E-state index in [4.69, 9.17) is 5.73 Å². The fourth-order valence-electron chi connectivity index (χ4n) is 2.19. The number of rotatable bonds is 1. The topological polar surface area (TPSA) is 56.7 Å². The molecule has 3 rings (SSSR count). The predicted octanol–water partition coefficient (Wildman–Crippen LogP) is 0.819. The van der Waals surface area contributed by atoms with Gasteiger partial charge >= 0.3 is 0 Å². The van der Waals surface area contributed by atoms with Gasteiger partial charge in [0, 0.05) is 18.4 Å². The number of fused-ring (bicyclic) bond motifs is 1. The average molecular weight is 192 g/mol. The number of aryl methyl sites for hydroxylation is 1. The van der Waals surface area contributed by atoms with Crippen molar-refractivity contribution in [2.24, 2.45) is 5.73 Å². The van der Waals surface area contributed by atoms with Gasteiger partial charge in [0.2, 0.25) is 0 Å². The lowest BCUT2D eigenvalue weighted by molar-refractivity contribution is 0.391. The van der Waals surface area contributed by atoms with Crippen molar-refractivity contribution >= 4 is 0 Å². The van der Waals surface area contributed by atoms with Gasteiger partial charge in [-0.25, -0.2) is 9.67 Å². The van der Waals surface area contributed by atoms with E-state index in [2.05, 4.69) is 10.1 Å². The van der Waals surface area contributed by atoms with Crippen LogP contribution in [0.4, 0.5) is 0 Å². The molecule has 0 amide bonds. The van der Waals surface area contributed by atoms with Crippen LogP contribution in [0.25, 0.3) is 0 Å². The van der Waals surface area contributed by atoms with Crippen LogP contribution < -0.4 is 5.73 Å². The third kappa shape index (κ3) is 1.25. The number of hydrogen-bond donors (Lipinski definition) is 1. The van der Waals surface area contributed by atoms with Gasteiger partial charge in [0.25, 0.3) is 0 Å². The zero-order valence-electron chi connectivity index (χ0n) is 8.32. The summed E-state index contributed by atoms with van der Waals surface area (Å²) in [5.41, 5.74) is 5.89. The standard InChI is InChI=1S/C10H16N4/c11-8-4-5-9-12-10(7-2-1-3-7)13-14(9)6-8/h7-8H,1-6,11H2. The Balaban J connectivity index is 1.87. The number of nitrogens with two attached hydrogens (primary N) is 1. The van der Waals surface area contributed by atoms with Gasteiger partial charge in [-0.1, -0.05) is 6.42 Å². The molecule has 1 atom stereocenters. The second-order valence-electron chi connectivity index (χ2n) is 4.49. The molecule has 1 unspecified atom stereocenters. The van der Waals surface area contributed by atoms with Crippen molar-refractivity contribution in [3.05, 3.63) is 11.6 Å². The number of aromatic nitrogens is 3. The Morgan fingerprint density at radius 2 is 2.14 bits per heavy atom. The molecule has 1 aliphatic heterocycles. The van der Waals surface area contributed by atoms with Crippen molar-refractivity contribution in [1.29, 1.82) is 0 Å². The smallest absolute Gasteiger partial charge is 0.154 e. The van der Waals surface area contributed by atoms with E-state index in [0.29, 0.717) is 5.92 Å². The lowest BCUT2D eigenvalue weighted by Crippen LogP contribution is -2.32. The van der Waals surface area contributed by atoms with E-state index in [9.17, 15) is 0 Å². The summed E-state index contributed by atoms with van der Waals surface area (Å²) in [5, 5.41) is 4.55.